The molecule has 0 aromatic heterocycles. The molecule has 1 N–H and O–H groups in total. The van der Waals surface area contributed by atoms with E-state index in [9.17, 15) is 0 Å². The SMILES string of the molecule is CCc1cc(N(C)C)cc2c1Nc1c(CC)cc(N3CCN(C(C)C)CC3)cc1S2. The largest absolute Gasteiger partial charge is 0.378 e. The molecule has 0 aliphatic carbocycles. The fourth-order valence-electron chi connectivity index (χ4n) is 4.50. The molecule has 2 aromatic rings. The Hall–Kier alpha value is -1.85. The van der Waals surface area contributed by atoms with Crippen molar-refractivity contribution in [1.29, 1.82) is 0 Å². The molecule has 4 rings (SSSR count). The summed E-state index contributed by atoms with van der Waals surface area (Å²) in [5, 5.41) is 3.83. The van der Waals surface area contributed by atoms with Gasteiger partial charge in [0.05, 0.1) is 11.4 Å². The van der Waals surface area contributed by atoms with Gasteiger partial charge in [0.1, 0.15) is 0 Å². The first-order chi connectivity index (χ1) is 14.4. The second-order valence-electron chi connectivity index (χ2n) is 8.90. The van der Waals surface area contributed by atoms with Gasteiger partial charge in [-0.05, 0) is 62.1 Å². The van der Waals surface area contributed by atoms with Crippen molar-refractivity contribution < 1.29 is 0 Å². The van der Waals surface area contributed by atoms with E-state index in [2.05, 4.69) is 86.1 Å². The molecular weight excluding hydrogens is 388 g/mol. The molecular formula is C25H36N4S. The van der Waals surface area contributed by atoms with Gasteiger partial charge in [-0.2, -0.15) is 0 Å². The van der Waals surface area contributed by atoms with Crippen LogP contribution in [0.5, 0.6) is 0 Å². The Bertz CT molecular complexity index is 914. The summed E-state index contributed by atoms with van der Waals surface area (Å²) in [4.78, 5) is 10.1. The Morgan fingerprint density at radius 2 is 1.50 bits per heavy atom. The predicted octanol–water partition coefficient (Wildman–Crippen LogP) is 5.62. The van der Waals surface area contributed by atoms with Crippen LogP contribution in [0.3, 0.4) is 0 Å². The van der Waals surface area contributed by atoms with Gasteiger partial charge in [0.25, 0.3) is 0 Å². The van der Waals surface area contributed by atoms with E-state index in [1.54, 1.807) is 0 Å². The topological polar surface area (TPSA) is 21.8 Å². The van der Waals surface area contributed by atoms with Crippen LogP contribution in [-0.4, -0.2) is 51.2 Å². The molecule has 1 fully saturated rings. The van der Waals surface area contributed by atoms with Crippen molar-refractivity contribution in [1.82, 2.24) is 4.90 Å². The van der Waals surface area contributed by atoms with E-state index in [0.29, 0.717) is 6.04 Å². The van der Waals surface area contributed by atoms with Crippen LogP contribution in [-0.2, 0) is 12.8 Å². The Morgan fingerprint density at radius 1 is 0.900 bits per heavy atom. The number of rotatable bonds is 5. The summed E-state index contributed by atoms with van der Waals surface area (Å²) in [6.45, 7) is 13.6. The standard InChI is InChI=1S/C25H36N4S/c1-7-18-13-20(27(5)6)15-22-24(18)26-25-19(8-2)14-21(16-23(25)30-22)29-11-9-28(10-12-29)17(3)4/h13-17,26H,7-12H2,1-6H3. The highest BCUT2D eigenvalue weighted by Gasteiger charge is 2.25. The van der Waals surface area contributed by atoms with Crippen molar-refractivity contribution in [3.63, 3.8) is 0 Å². The number of anilines is 4. The minimum absolute atomic E-state index is 0.636. The average Bonchev–Trinajstić information content (AvgIpc) is 2.76. The van der Waals surface area contributed by atoms with Crippen LogP contribution >= 0.6 is 11.8 Å². The quantitative estimate of drug-likeness (QED) is 0.573. The summed E-state index contributed by atoms with van der Waals surface area (Å²) < 4.78 is 0. The van der Waals surface area contributed by atoms with Crippen LogP contribution in [0.4, 0.5) is 22.7 Å². The summed E-state index contributed by atoms with van der Waals surface area (Å²) >= 11 is 1.93. The molecule has 30 heavy (non-hydrogen) atoms. The first-order valence-corrected chi connectivity index (χ1v) is 12.2. The van der Waals surface area contributed by atoms with Crippen LogP contribution < -0.4 is 15.1 Å². The third-order valence-corrected chi connectivity index (χ3v) is 7.58. The monoisotopic (exact) mass is 424 g/mol. The zero-order valence-corrected chi connectivity index (χ0v) is 20.2. The average molecular weight is 425 g/mol. The fourth-order valence-corrected chi connectivity index (χ4v) is 5.66. The molecule has 0 amide bonds. The second-order valence-corrected chi connectivity index (χ2v) is 9.99. The van der Waals surface area contributed by atoms with E-state index in [0.717, 1.165) is 39.0 Å². The molecule has 2 aromatic carbocycles. The molecule has 0 atom stereocenters. The van der Waals surface area contributed by atoms with Crippen molar-refractivity contribution >= 4 is 34.5 Å². The van der Waals surface area contributed by atoms with Gasteiger partial charge in [-0.25, -0.2) is 0 Å². The second kappa shape index (κ2) is 8.72. The van der Waals surface area contributed by atoms with Crippen molar-refractivity contribution in [2.24, 2.45) is 0 Å². The zero-order chi connectivity index (χ0) is 21.4. The molecule has 162 valence electrons. The lowest BCUT2D eigenvalue weighted by Crippen LogP contribution is -2.48. The first-order valence-electron chi connectivity index (χ1n) is 11.4. The van der Waals surface area contributed by atoms with E-state index >= 15 is 0 Å². The lowest BCUT2D eigenvalue weighted by molar-refractivity contribution is 0.209. The van der Waals surface area contributed by atoms with Crippen LogP contribution in [0, 0.1) is 0 Å². The molecule has 1 saturated heterocycles. The molecule has 0 saturated carbocycles. The molecule has 5 heteroatoms. The molecule has 0 unspecified atom stereocenters. The Balaban J connectivity index is 1.67. The number of nitrogens with zero attached hydrogens (tertiary/aromatic N) is 3. The Kier molecular flexibility index (Phi) is 6.21. The smallest absolute Gasteiger partial charge is 0.0560 e. The van der Waals surface area contributed by atoms with Gasteiger partial charge in [0.2, 0.25) is 0 Å². The highest BCUT2D eigenvalue weighted by atomic mass is 32.2. The third kappa shape index (κ3) is 4.02. The van der Waals surface area contributed by atoms with Crippen LogP contribution in [0.25, 0.3) is 0 Å². The van der Waals surface area contributed by atoms with E-state index in [4.69, 9.17) is 0 Å². The van der Waals surface area contributed by atoms with Crippen molar-refractivity contribution in [3.05, 3.63) is 35.4 Å². The van der Waals surface area contributed by atoms with Gasteiger partial charge >= 0.3 is 0 Å². The van der Waals surface area contributed by atoms with E-state index in [1.807, 2.05) is 11.8 Å². The van der Waals surface area contributed by atoms with E-state index in [1.165, 1.54) is 43.7 Å². The van der Waals surface area contributed by atoms with Gasteiger partial charge in [-0.3, -0.25) is 4.90 Å². The predicted molar refractivity (Wildman–Crippen MR) is 132 cm³/mol. The lowest BCUT2D eigenvalue weighted by Gasteiger charge is -2.39. The zero-order valence-electron chi connectivity index (χ0n) is 19.4. The van der Waals surface area contributed by atoms with Crippen LogP contribution in [0.15, 0.2) is 34.1 Å². The van der Waals surface area contributed by atoms with Crippen molar-refractivity contribution in [2.75, 3.05) is 55.4 Å². The number of hydrogen-bond acceptors (Lipinski definition) is 5. The number of piperazine rings is 1. The summed E-state index contributed by atoms with van der Waals surface area (Å²) in [6, 6.07) is 10.1. The molecule has 0 bridgehead atoms. The number of hydrogen-bond donors (Lipinski definition) is 1. The summed E-state index contributed by atoms with van der Waals surface area (Å²) in [5.41, 5.74) is 8.09. The summed E-state index contributed by atoms with van der Waals surface area (Å²) in [7, 11) is 4.25. The highest BCUT2D eigenvalue weighted by molar-refractivity contribution is 7.99. The van der Waals surface area contributed by atoms with E-state index in [-0.39, 0.29) is 0 Å². The lowest BCUT2D eigenvalue weighted by atomic mass is 10.0. The highest BCUT2D eigenvalue weighted by Crippen LogP contribution is 2.49. The molecule has 2 heterocycles. The van der Waals surface area contributed by atoms with Crippen molar-refractivity contribution in [3.8, 4) is 0 Å². The summed E-state index contributed by atoms with van der Waals surface area (Å²) in [6.07, 6.45) is 2.08. The fraction of sp³-hybridized carbons (Fsp3) is 0.520. The molecule has 0 radical (unpaired) electrons. The number of nitrogens with one attached hydrogen (secondary N) is 1. The molecule has 0 spiro atoms. The molecule has 4 nitrogen and oxygen atoms in total. The number of aryl methyl sites for hydroxylation is 2. The third-order valence-electron chi connectivity index (χ3n) is 6.50. The Labute approximate surface area is 186 Å². The van der Waals surface area contributed by atoms with E-state index < -0.39 is 0 Å². The van der Waals surface area contributed by atoms with Gasteiger partial charge in [0, 0.05) is 67.5 Å². The molecule has 2 aliphatic rings. The van der Waals surface area contributed by atoms with Crippen LogP contribution in [0.2, 0.25) is 0 Å². The number of benzene rings is 2. The Morgan fingerprint density at radius 3 is 2.07 bits per heavy atom. The van der Waals surface area contributed by atoms with Crippen LogP contribution in [0.1, 0.15) is 38.8 Å². The van der Waals surface area contributed by atoms with Gasteiger partial charge in [-0.15, -0.1) is 0 Å². The maximum Gasteiger partial charge on any atom is 0.0560 e. The minimum Gasteiger partial charge on any atom is -0.378 e. The van der Waals surface area contributed by atoms with Gasteiger partial charge in [0.15, 0.2) is 0 Å². The maximum absolute atomic E-state index is 3.83. The van der Waals surface area contributed by atoms with Crippen molar-refractivity contribution in [2.45, 2.75) is 56.4 Å². The van der Waals surface area contributed by atoms with Gasteiger partial charge in [-0.1, -0.05) is 25.6 Å². The minimum atomic E-state index is 0.636. The normalized spacial score (nSPS) is 16.3. The van der Waals surface area contributed by atoms with Gasteiger partial charge < -0.3 is 15.1 Å². The first kappa shape index (κ1) is 21.4. The summed E-state index contributed by atoms with van der Waals surface area (Å²) in [5.74, 6) is 0. The molecule has 2 aliphatic heterocycles. The number of fused-ring (bicyclic) bond motifs is 2. The maximum atomic E-state index is 3.83.